The highest BCUT2D eigenvalue weighted by Gasteiger charge is 2.03. The first-order chi connectivity index (χ1) is 7.56. The normalized spacial score (nSPS) is 10.5. The third-order valence-corrected chi connectivity index (χ3v) is 2.83. The van der Waals surface area contributed by atoms with E-state index in [9.17, 15) is 0 Å². The highest BCUT2D eigenvalue weighted by molar-refractivity contribution is 5.68. The maximum absolute atomic E-state index is 3.31. The van der Waals surface area contributed by atoms with Crippen LogP contribution >= 0.6 is 0 Å². The zero-order valence-corrected chi connectivity index (χ0v) is 10.4. The Morgan fingerprint density at radius 1 is 0.812 bits per heavy atom. The smallest absolute Gasteiger partial charge is 0.0120 e. The monoisotopic (exact) mass is 209 g/mol. The van der Waals surface area contributed by atoms with Gasteiger partial charge < -0.3 is 0 Å². The van der Waals surface area contributed by atoms with E-state index in [-0.39, 0.29) is 0 Å². The Bertz CT molecular complexity index is 501. The lowest BCUT2D eigenvalue weighted by Gasteiger charge is -2.09. The van der Waals surface area contributed by atoms with Crippen molar-refractivity contribution >= 4 is 0 Å². The van der Waals surface area contributed by atoms with E-state index in [1.165, 1.54) is 33.4 Å². The van der Waals surface area contributed by atoms with Gasteiger partial charge in [-0.15, -0.1) is 0 Å². The molecule has 1 radical (unpaired) electrons. The molecular weight excluding hydrogens is 192 g/mol. The lowest BCUT2D eigenvalue weighted by atomic mass is 9.96. The molecule has 0 amide bonds. The molecule has 0 heteroatoms. The predicted molar refractivity (Wildman–Crippen MR) is 69.7 cm³/mol. The van der Waals surface area contributed by atoms with Crippen molar-refractivity contribution in [1.29, 1.82) is 0 Å². The van der Waals surface area contributed by atoms with E-state index >= 15 is 0 Å². The number of rotatable bonds is 1. The van der Waals surface area contributed by atoms with Crippen molar-refractivity contribution in [2.45, 2.75) is 27.7 Å². The fourth-order valence-corrected chi connectivity index (χ4v) is 2.18. The molecule has 2 rings (SSSR count). The Morgan fingerprint density at radius 3 is 2.00 bits per heavy atom. The van der Waals surface area contributed by atoms with Gasteiger partial charge in [-0.25, -0.2) is 0 Å². The third kappa shape index (κ3) is 2.16. The number of benzene rings is 2. The Labute approximate surface area is 97.9 Å². The Hall–Kier alpha value is -1.56. The van der Waals surface area contributed by atoms with Gasteiger partial charge in [-0.1, -0.05) is 35.9 Å². The van der Waals surface area contributed by atoms with Gasteiger partial charge in [-0.2, -0.15) is 0 Å². The van der Waals surface area contributed by atoms with Crippen LogP contribution in [0.1, 0.15) is 22.3 Å². The minimum absolute atomic E-state index is 1.20. The molecule has 0 nitrogen and oxygen atoms in total. The lowest BCUT2D eigenvalue weighted by molar-refractivity contribution is 1.34. The minimum atomic E-state index is 1.20. The fourth-order valence-electron chi connectivity index (χ4n) is 2.18. The van der Waals surface area contributed by atoms with Crippen molar-refractivity contribution < 1.29 is 0 Å². The van der Waals surface area contributed by atoms with E-state index in [0.717, 1.165) is 0 Å². The van der Waals surface area contributed by atoms with E-state index in [1.54, 1.807) is 0 Å². The number of aryl methyl sites for hydroxylation is 4. The first kappa shape index (κ1) is 10.9. The van der Waals surface area contributed by atoms with Gasteiger partial charge in [0.2, 0.25) is 0 Å². The average Bonchev–Trinajstić information content (AvgIpc) is 2.15. The maximum atomic E-state index is 3.31. The molecule has 0 spiro atoms. The fraction of sp³-hybridized carbons (Fsp3) is 0.250. The van der Waals surface area contributed by atoms with Crippen LogP contribution < -0.4 is 0 Å². The molecule has 0 fully saturated rings. The molecular formula is C16H17. The number of hydrogen-bond acceptors (Lipinski definition) is 0. The van der Waals surface area contributed by atoms with E-state index in [0.29, 0.717) is 0 Å². The molecule has 81 valence electrons. The molecule has 0 N–H and O–H groups in total. The predicted octanol–water partition coefficient (Wildman–Crippen LogP) is 4.39. The van der Waals surface area contributed by atoms with E-state index in [1.807, 2.05) is 0 Å². The third-order valence-electron chi connectivity index (χ3n) is 2.83. The Morgan fingerprint density at radius 2 is 1.44 bits per heavy atom. The SMILES string of the molecule is Cc1[c]c(C)cc(-c2ccc(C)cc2C)c1. The molecule has 0 atom stereocenters. The zero-order chi connectivity index (χ0) is 11.7. The van der Waals surface area contributed by atoms with E-state index in [4.69, 9.17) is 0 Å². The molecule has 2 aromatic carbocycles. The van der Waals surface area contributed by atoms with Crippen molar-refractivity contribution in [2.75, 3.05) is 0 Å². The quantitative estimate of drug-likeness (QED) is 0.653. The summed E-state index contributed by atoms with van der Waals surface area (Å²) in [4.78, 5) is 0. The van der Waals surface area contributed by atoms with Gasteiger partial charge >= 0.3 is 0 Å². The van der Waals surface area contributed by atoms with Crippen LogP contribution in [0.15, 0.2) is 30.3 Å². The summed E-state index contributed by atoms with van der Waals surface area (Å²) >= 11 is 0. The highest BCUT2D eigenvalue weighted by Crippen LogP contribution is 2.25. The van der Waals surface area contributed by atoms with Crippen molar-refractivity contribution in [3.63, 3.8) is 0 Å². The molecule has 16 heavy (non-hydrogen) atoms. The molecule has 0 aliphatic heterocycles. The van der Waals surface area contributed by atoms with Crippen LogP contribution in [-0.4, -0.2) is 0 Å². The molecule has 0 bridgehead atoms. The molecule has 0 aromatic heterocycles. The van der Waals surface area contributed by atoms with Gasteiger partial charge in [0.25, 0.3) is 0 Å². The van der Waals surface area contributed by atoms with E-state index < -0.39 is 0 Å². The van der Waals surface area contributed by atoms with Crippen LogP contribution in [0, 0.1) is 33.8 Å². The first-order valence-electron chi connectivity index (χ1n) is 5.64. The Kier molecular flexibility index (Phi) is 2.82. The van der Waals surface area contributed by atoms with Crippen LogP contribution in [0.25, 0.3) is 11.1 Å². The molecule has 0 heterocycles. The summed E-state index contributed by atoms with van der Waals surface area (Å²) in [6, 6.07) is 14.3. The van der Waals surface area contributed by atoms with Crippen molar-refractivity contribution in [3.8, 4) is 11.1 Å². The summed E-state index contributed by atoms with van der Waals surface area (Å²) in [5, 5.41) is 0. The summed E-state index contributed by atoms with van der Waals surface area (Å²) in [6.45, 7) is 8.50. The van der Waals surface area contributed by atoms with Gasteiger partial charge in [0, 0.05) is 0 Å². The standard InChI is InChI=1S/C16H17/c1-11-5-6-16(14(4)8-11)15-9-12(2)7-13(3)10-15/h5-6,8-10H,1-4H3. The first-order valence-corrected chi connectivity index (χ1v) is 5.64. The molecule has 0 aliphatic rings. The van der Waals surface area contributed by atoms with Gasteiger partial charge in [-0.3, -0.25) is 0 Å². The van der Waals surface area contributed by atoms with Crippen LogP contribution in [0.4, 0.5) is 0 Å². The largest absolute Gasteiger partial charge is 0.0587 e. The Balaban J connectivity index is 2.58. The van der Waals surface area contributed by atoms with Crippen molar-refractivity contribution in [3.05, 3.63) is 58.7 Å². The van der Waals surface area contributed by atoms with Crippen molar-refractivity contribution in [1.82, 2.24) is 0 Å². The minimum Gasteiger partial charge on any atom is -0.0587 e. The number of hydrogen-bond donors (Lipinski definition) is 0. The van der Waals surface area contributed by atoms with Crippen LogP contribution in [0.5, 0.6) is 0 Å². The second-order valence-corrected chi connectivity index (χ2v) is 4.55. The summed E-state index contributed by atoms with van der Waals surface area (Å²) in [7, 11) is 0. The second-order valence-electron chi connectivity index (χ2n) is 4.55. The van der Waals surface area contributed by atoms with Crippen LogP contribution in [-0.2, 0) is 0 Å². The summed E-state index contributed by atoms with van der Waals surface area (Å²) in [6.07, 6.45) is 0. The van der Waals surface area contributed by atoms with Gasteiger partial charge in [0.1, 0.15) is 0 Å². The molecule has 0 saturated heterocycles. The topological polar surface area (TPSA) is 0 Å². The second kappa shape index (κ2) is 4.13. The van der Waals surface area contributed by atoms with E-state index in [2.05, 4.69) is 64.1 Å². The average molecular weight is 209 g/mol. The summed E-state index contributed by atoms with van der Waals surface area (Å²) < 4.78 is 0. The molecule has 0 unspecified atom stereocenters. The van der Waals surface area contributed by atoms with Crippen LogP contribution in [0.2, 0.25) is 0 Å². The maximum Gasteiger partial charge on any atom is -0.0120 e. The van der Waals surface area contributed by atoms with Crippen LogP contribution in [0.3, 0.4) is 0 Å². The van der Waals surface area contributed by atoms with Gasteiger partial charge in [-0.05, 0) is 61.6 Å². The zero-order valence-electron chi connectivity index (χ0n) is 10.4. The summed E-state index contributed by atoms with van der Waals surface area (Å²) in [5.41, 5.74) is 7.68. The molecule has 0 saturated carbocycles. The van der Waals surface area contributed by atoms with Crippen molar-refractivity contribution in [2.24, 2.45) is 0 Å². The molecule has 2 aromatic rings. The summed E-state index contributed by atoms with van der Waals surface area (Å²) in [5.74, 6) is 0. The highest BCUT2D eigenvalue weighted by atomic mass is 14.1. The lowest BCUT2D eigenvalue weighted by Crippen LogP contribution is -1.87. The molecule has 0 aliphatic carbocycles. The van der Waals surface area contributed by atoms with Gasteiger partial charge in [0.15, 0.2) is 0 Å². The van der Waals surface area contributed by atoms with Gasteiger partial charge in [0.05, 0.1) is 0 Å².